The van der Waals surface area contributed by atoms with Crippen molar-refractivity contribution in [1.82, 2.24) is 9.88 Å². The summed E-state index contributed by atoms with van der Waals surface area (Å²) in [5.41, 5.74) is 1.00. The standard InChI is InChI=1S/C17H28ClN3/c1-4-9-19-17-6-5-15(18)16(20-17)12-21-10-7-14(8-11-21)13(2)3/h5-6,13-14H,4,7-12H2,1-3H3,(H,19,20). The van der Waals surface area contributed by atoms with Crippen LogP contribution in [0.4, 0.5) is 5.82 Å². The fourth-order valence-corrected chi connectivity index (χ4v) is 3.10. The van der Waals surface area contributed by atoms with Crippen molar-refractivity contribution in [2.24, 2.45) is 11.8 Å². The molecule has 1 N–H and O–H groups in total. The Balaban J connectivity index is 1.93. The van der Waals surface area contributed by atoms with E-state index in [-0.39, 0.29) is 0 Å². The summed E-state index contributed by atoms with van der Waals surface area (Å²) in [6, 6.07) is 3.93. The summed E-state index contributed by atoms with van der Waals surface area (Å²) in [6.07, 6.45) is 3.69. The maximum atomic E-state index is 6.31. The van der Waals surface area contributed by atoms with Crippen LogP contribution in [0, 0.1) is 11.8 Å². The zero-order valence-electron chi connectivity index (χ0n) is 13.5. The molecule has 0 radical (unpaired) electrons. The number of nitrogens with one attached hydrogen (secondary N) is 1. The minimum Gasteiger partial charge on any atom is -0.370 e. The van der Waals surface area contributed by atoms with Crippen LogP contribution in [0.3, 0.4) is 0 Å². The number of likely N-dealkylation sites (tertiary alicyclic amines) is 1. The van der Waals surface area contributed by atoms with E-state index in [0.717, 1.165) is 61.0 Å². The predicted octanol–water partition coefficient (Wildman–Crippen LogP) is 4.42. The Morgan fingerprint density at radius 1 is 1.33 bits per heavy atom. The average Bonchev–Trinajstić information content (AvgIpc) is 2.48. The Labute approximate surface area is 134 Å². The van der Waals surface area contributed by atoms with Crippen molar-refractivity contribution < 1.29 is 0 Å². The van der Waals surface area contributed by atoms with E-state index in [0.29, 0.717) is 0 Å². The van der Waals surface area contributed by atoms with Crippen molar-refractivity contribution in [3.63, 3.8) is 0 Å². The first-order valence-corrected chi connectivity index (χ1v) is 8.59. The van der Waals surface area contributed by atoms with Crippen LogP contribution in [-0.2, 0) is 6.54 Å². The molecule has 0 atom stereocenters. The van der Waals surface area contributed by atoms with Gasteiger partial charge >= 0.3 is 0 Å². The molecular formula is C17H28ClN3. The molecular weight excluding hydrogens is 282 g/mol. The molecule has 1 saturated heterocycles. The van der Waals surface area contributed by atoms with Crippen LogP contribution in [0.15, 0.2) is 12.1 Å². The van der Waals surface area contributed by atoms with E-state index in [9.17, 15) is 0 Å². The maximum Gasteiger partial charge on any atom is 0.126 e. The first-order valence-electron chi connectivity index (χ1n) is 8.21. The molecule has 0 amide bonds. The van der Waals surface area contributed by atoms with E-state index in [4.69, 9.17) is 11.6 Å². The number of halogens is 1. The highest BCUT2D eigenvalue weighted by Gasteiger charge is 2.22. The molecule has 1 aromatic heterocycles. The van der Waals surface area contributed by atoms with Gasteiger partial charge in [0.1, 0.15) is 5.82 Å². The molecule has 4 heteroatoms. The number of rotatable bonds is 6. The van der Waals surface area contributed by atoms with Crippen LogP contribution in [0.1, 0.15) is 45.7 Å². The second-order valence-corrected chi connectivity index (χ2v) is 6.82. The van der Waals surface area contributed by atoms with Crippen molar-refractivity contribution in [3.05, 3.63) is 22.8 Å². The predicted molar refractivity (Wildman–Crippen MR) is 90.9 cm³/mol. The average molecular weight is 310 g/mol. The van der Waals surface area contributed by atoms with Gasteiger partial charge in [-0.05, 0) is 56.3 Å². The van der Waals surface area contributed by atoms with Crippen LogP contribution in [0.25, 0.3) is 0 Å². The molecule has 2 heterocycles. The molecule has 0 aliphatic carbocycles. The second-order valence-electron chi connectivity index (χ2n) is 6.41. The van der Waals surface area contributed by atoms with Gasteiger partial charge in [0, 0.05) is 13.1 Å². The van der Waals surface area contributed by atoms with Gasteiger partial charge < -0.3 is 5.32 Å². The zero-order valence-corrected chi connectivity index (χ0v) is 14.3. The molecule has 0 aromatic carbocycles. The summed E-state index contributed by atoms with van der Waals surface area (Å²) in [7, 11) is 0. The van der Waals surface area contributed by atoms with Crippen LogP contribution in [-0.4, -0.2) is 29.5 Å². The van der Waals surface area contributed by atoms with Crippen molar-refractivity contribution in [2.45, 2.75) is 46.6 Å². The minimum absolute atomic E-state index is 0.781. The molecule has 0 bridgehead atoms. The highest BCUT2D eigenvalue weighted by molar-refractivity contribution is 6.31. The van der Waals surface area contributed by atoms with Gasteiger partial charge in [0.15, 0.2) is 0 Å². The first-order chi connectivity index (χ1) is 10.1. The first kappa shape index (κ1) is 16.6. The largest absolute Gasteiger partial charge is 0.370 e. The van der Waals surface area contributed by atoms with Gasteiger partial charge in [-0.2, -0.15) is 0 Å². The van der Waals surface area contributed by atoms with E-state index >= 15 is 0 Å². The van der Waals surface area contributed by atoms with E-state index in [1.165, 1.54) is 12.8 Å². The molecule has 21 heavy (non-hydrogen) atoms. The van der Waals surface area contributed by atoms with Gasteiger partial charge in [0.2, 0.25) is 0 Å². The van der Waals surface area contributed by atoms with E-state index in [1.807, 2.05) is 12.1 Å². The highest BCUT2D eigenvalue weighted by atomic mass is 35.5. The lowest BCUT2D eigenvalue weighted by Gasteiger charge is -2.33. The van der Waals surface area contributed by atoms with Crippen molar-refractivity contribution in [2.75, 3.05) is 25.0 Å². The van der Waals surface area contributed by atoms with Gasteiger partial charge in [0.25, 0.3) is 0 Å². The number of anilines is 1. The fraction of sp³-hybridized carbons (Fsp3) is 0.706. The molecule has 1 fully saturated rings. The van der Waals surface area contributed by atoms with Gasteiger partial charge in [-0.1, -0.05) is 32.4 Å². The van der Waals surface area contributed by atoms with Gasteiger partial charge in [-0.25, -0.2) is 4.98 Å². The molecule has 1 aliphatic rings. The Kier molecular flexibility index (Phi) is 6.31. The van der Waals surface area contributed by atoms with Gasteiger partial charge in [-0.3, -0.25) is 4.90 Å². The van der Waals surface area contributed by atoms with Crippen molar-refractivity contribution in [1.29, 1.82) is 0 Å². The quantitative estimate of drug-likeness (QED) is 0.843. The molecule has 3 nitrogen and oxygen atoms in total. The topological polar surface area (TPSA) is 28.2 Å². The summed E-state index contributed by atoms with van der Waals surface area (Å²) < 4.78 is 0. The number of pyridine rings is 1. The SMILES string of the molecule is CCCNc1ccc(Cl)c(CN2CCC(C(C)C)CC2)n1. The van der Waals surface area contributed by atoms with Crippen LogP contribution >= 0.6 is 11.6 Å². The molecule has 0 spiro atoms. The summed E-state index contributed by atoms with van der Waals surface area (Å²) in [4.78, 5) is 7.16. The summed E-state index contributed by atoms with van der Waals surface area (Å²) in [5.74, 6) is 2.62. The third kappa shape index (κ3) is 4.86. The lowest BCUT2D eigenvalue weighted by molar-refractivity contribution is 0.150. The number of hydrogen-bond donors (Lipinski definition) is 1. The van der Waals surface area contributed by atoms with Crippen LogP contribution in [0.2, 0.25) is 5.02 Å². The number of hydrogen-bond acceptors (Lipinski definition) is 3. The highest BCUT2D eigenvalue weighted by Crippen LogP contribution is 2.26. The Hall–Kier alpha value is -0.800. The van der Waals surface area contributed by atoms with E-state index < -0.39 is 0 Å². The van der Waals surface area contributed by atoms with Crippen LogP contribution < -0.4 is 5.32 Å². The third-order valence-electron chi connectivity index (χ3n) is 4.42. The molecule has 0 unspecified atom stereocenters. The number of aromatic nitrogens is 1. The lowest BCUT2D eigenvalue weighted by atomic mass is 9.87. The lowest BCUT2D eigenvalue weighted by Crippen LogP contribution is -2.35. The normalized spacial score (nSPS) is 17.4. The monoisotopic (exact) mass is 309 g/mol. The Morgan fingerprint density at radius 3 is 2.67 bits per heavy atom. The summed E-state index contributed by atoms with van der Waals surface area (Å²) in [5, 5.41) is 4.11. The zero-order chi connectivity index (χ0) is 15.2. The smallest absolute Gasteiger partial charge is 0.126 e. The van der Waals surface area contributed by atoms with E-state index in [1.54, 1.807) is 0 Å². The second kappa shape index (κ2) is 8.00. The third-order valence-corrected chi connectivity index (χ3v) is 4.77. The van der Waals surface area contributed by atoms with E-state index in [2.05, 4.69) is 36.0 Å². The number of piperidine rings is 1. The fourth-order valence-electron chi connectivity index (χ4n) is 2.94. The Morgan fingerprint density at radius 2 is 2.05 bits per heavy atom. The molecule has 118 valence electrons. The van der Waals surface area contributed by atoms with Gasteiger partial charge in [0.05, 0.1) is 10.7 Å². The minimum atomic E-state index is 0.781. The summed E-state index contributed by atoms with van der Waals surface area (Å²) >= 11 is 6.31. The summed E-state index contributed by atoms with van der Waals surface area (Å²) in [6.45, 7) is 11.0. The van der Waals surface area contributed by atoms with Gasteiger partial charge in [-0.15, -0.1) is 0 Å². The molecule has 2 rings (SSSR count). The number of nitrogens with zero attached hydrogens (tertiary/aromatic N) is 2. The molecule has 1 aromatic rings. The maximum absolute atomic E-state index is 6.31. The molecule has 0 saturated carbocycles. The molecule has 1 aliphatic heterocycles. The van der Waals surface area contributed by atoms with Crippen molar-refractivity contribution in [3.8, 4) is 0 Å². The Bertz CT molecular complexity index is 440. The van der Waals surface area contributed by atoms with Crippen molar-refractivity contribution >= 4 is 17.4 Å². The van der Waals surface area contributed by atoms with Crippen LogP contribution in [0.5, 0.6) is 0 Å².